The van der Waals surface area contributed by atoms with Gasteiger partial charge in [0.15, 0.2) is 8.32 Å². The monoisotopic (exact) mass is 486 g/mol. The van der Waals surface area contributed by atoms with Gasteiger partial charge in [-0.3, -0.25) is 4.79 Å². The van der Waals surface area contributed by atoms with Gasteiger partial charge in [0, 0.05) is 5.38 Å². The molecule has 0 saturated carbocycles. The van der Waals surface area contributed by atoms with Crippen molar-refractivity contribution in [3.05, 3.63) is 58.1 Å². The molecule has 2 heterocycles. The Balaban J connectivity index is 1.80. The fourth-order valence-electron chi connectivity index (χ4n) is 3.52. The molecule has 1 fully saturated rings. The summed E-state index contributed by atoms with van der Waals surface area (Å²) in [4.78, 5) is 31.7. The van der Waals surface area contributed by atoms with E-state index in [0.29, 0.717) is 0 Å². The number of carbonyl (C=O) groups is 2. The van der Waals surface area contributed by atoms with Crippen molar-refractivity contribution >= 4 is 37.7 Å². The molecule has 3 atom stereocenters. The van der Waals surface area contributed by atoms with Crippen LogP contribution < -0.4 is 0 Å². The average Bonchev–Trinajstić information content (AvgIpc) is 3.27. The minimum atomic E-state index is -2.16. The van der Waals surface area contributed by atoms with E-state index in [-0.39, 0.29) is 17.4 Å². The quantitative estimate of drug-likeness (QED) is 0.426. The number of imide groups is 1. The number of aromatic nitrogens is 1. The molecule has 1 saturated heterocycles. The maximum absolute atomic E-state index is 13.3. The smallest absolute Gasteiger partial charge is 0.417 e. The van der Waals surface area contributed by atoms with Crippen LogP contribution in [0.15, 0.2) is 41.8 Å². The Morgan fingerprint density at radius 3 is 2.55 bits per heavy atom. The fraction of sp³-hybridized carbons (Fsp3) is 0.480. The van der Waals surface area contributed by atoms with Crippen LogP contribution in [0.3, 0.4) is 0 Å². The molecule has 0 spiro atoms. The van der Waals surface area contributed by atoms with Crippen LogP contribution in [0.5, 0.6) is 0 Å². The molecule has 1 aliphatic heterocycles. The lowest BCUT2D eigenvalue weighted by atomic mass is 10.0. The van der Waals surface area contributed by atoms with Gasteiger partial charge in [-0.25, -0.2) is 14.7 Å². The molecule has 8 heteroatoms. The molecule has 0 aliphatic carbocycles. The van der Waals surface area contributed by atoms with Crippen molar-refractivity contribution in [2.75, 3.05) is 0 Å². The molecule has 33 heavy (non-hydrogen) atoms. The highest BCUT2D eigenvalue weighted by Gasteiger charge is 2.44. The van der Waals surface area contributed by atoms with Crippen LogP contribution >= 0.6 is 11.3 Å². The second-order valence-corrected chi connectivity index (χ2v) is 15.8. The van der Waals surface area contributed by atoms with Crippen molar-refractivity contribution in [3.63, 3.8) is 0 Å². The van der Waals surface area contributed by atoms with E-state index in [9.17, 15) is 9.59 Å². The summed E-state index contributed by atoms with van der Waals surface area (Å²) in [5.74, 6) is -0.297. The van der Waals surface area contributed by atoms with E-state index in [1.54, 1.807) is 11.3 Å². The Morgan fingerprint density at radius 2 is 1.97 bits per heavy atom. The Bertz CT molecular complexity index is 1010. The van der Waals surface area contributed by atoms with Gasteiger partial charge in [0.25, 0.3) is 0 Å². The molecular weight excluding hydrogens is 452 g/mol. The zero-order chi connectivity index (χ0) is 24.4. The molecule has 3 rings (SSSR count). The third-order valence-corrected chi connectivity index (χ3v) is 11.7. The second kappa shape index (κ2) is 9.91. The summed E-state index contributed by atoms with van der Waals surface area (Å²) >= 11 is 1.58. The van der Waals surface area contributed by atoms with Gasteiger partial charge in [0.05, 0.1) is 29.3 Å². The number of aryl methyl sites for hydroxylation is 1. The summed E-state index contributed by atoms with van der Waals surface area (Å²) in [5, 5.41) is 2.94. The van der Waals surface area contributed by atoms with E-state index in [1.807, 2.05) is 61.7 Å². The maximum atomic E-state index is 13.3. The van der Waals surface area contributed by atoms with E-state index in [0.717, 1.165) is 16.3 Å². The van der Waals surface area contributed by atoms with Gasteiger partial charge >= 0.3 is 6.09 Å². The van der Waals surface area contributed by atoms with Crippen LogP contribution in [0.1, 0.15) is 56.5 Å². The molecule has 1 aromatic heterocycles. The van der Waals surface area contributed by atoms with Crippen LogP contribution in [-0.2, 0) is 14.0 Å². The number of hydrogen-bond acceptors (Lipinski definition) is 6. The van der Waals surface area contributed by atoms with Crippen molar-refractivity contribution in [3.8, 4) is 0 Å². The number of cyclic esters (lactones) is 1. The normalized spacial score (nSPS) is 20.3. The number of nitrogens with zero attached hydrogens (tertiary/aromatic N) is 2. The zero-order valence-electron chi connectivity index (χ0n) is 20.5. The lowest BCUT2D eigenvalue weighted by Crippen LogP contribution is -2.45. The fourth-order valence-corrected chi connectivity index (χ4v) is 5.37. The van der Waals surface area contributed by atoms with Crippen LogP contribution in [-0.4, -0.2) is 42.3 Å². The summed E-state index contributed by atoms with van der Waals surface area (Å²) in [5.41, 5.74) is 1.72. The highest BCUT2D eigenvalue weighted by molar-refractivity contribution is 7.09. The van der Waals surface area contributed by atoms with Gasteiger partial charge in [-0.2, -0.15) is 0 Å². The number of amides is 2. The van der Waals surface area contributed by atoms with Crippen molar-refractivity contribution in [2.45, 2.75) is 77.4 Å². The van der Waals surface area contributed by atoms with Gasteiger partial charge in [-0.05, 0) is 43.6 Å². The van der Waals surface area contributed by atoms with E-state index < -0.39 is 32.7 Å². The SMILES string of the molecule is Cc1nc(C=C[C@H](CC(=O)N2C(=O)O[C@H](c3ccccc3)[C@@H]2C)O[Si](C)(C)C(C)(C)C)cs1. The van der Waals surface area contributed by atoms with Crippen LogP contribution in [0.2, 0.25) is 18.1 Å². The summed E-state index contributed by atoms with van der Waals surface area (Å²) in [7, 11) is -2.16. The number of carbonyl (C=O) groups excluding carboxylic acids is 2. The first-order chi connectivity index (χ1) is 15.4. The first-order valence-electron chi connectivity index (χ1n) is 11.2. The number of thiazole rings is 1. The minimum Gasteiger partial charge on any atom is -0.439 e. The predicted molar refractivity (Wildman–Crippen MR) is 135 cm³/mol. The Kier molecular flexibility index (Phi) is 7.61. The van der Waals surface area contributed by atoms with Crippen molar-refractivity contribution in [2.24, 2.45) is 0 Å². The molecular formula is C25H34N2O4SSi. The van der Waals surface area contributed by atoms with Gasteiger partial charge in [0.2, 0.25) is 5.91 Å². The molecule has 2 amide bonds. The number of ether oxygens (including phenoxy) is 1. The van der Waals surface area contributed by atoms with Crippen molar-refractivity contribution in [1.29, 1.82) is 0 Å². The third-order valence-electron chi connectivity index (χ3n) is 6.41. The average molecular weight is 487 g/mol. The largest absolute Gasteiger partial charge is 0.439 e. The van der Waals surface area contributed by atoms with Crippen molar-refractivity contribution in [1.82, 2.24) is 9.88 Å². The Morgan fingerprint density at radius 1 is 1.30 bits per heavy atom. The van der Waals surface area contributed by atoms with Crippen molar-refractivity contribution < 1.29 is 18.8 Å². The second-order valence-electron chi connectivity index (χ2n) is 9.99. The molecule has 0 radical (unpaired) electrons. The summed E-state index contributed by atoms with van der Waals surface area (Å²) < 4.78 is 12.1. The van der Waals surface area contributed by atoms with Gasteiger partial charge in [-0.1, -0.05) is 57.2 Å². The van der Waals surface area contributed by atoms with Gasteiger partial charge in [-0.15, -0.1) is 11.3 Å². The number of benzene rings is 1. The maximum Gasteiger partial charge on any atom is 0.417 e. The number of rotatable bonds is 7. The molecule has 1 aromatic carbocycles. The van der Waals surface area contributed by atoms with Crippen LogP contribution in [0, 0.1) is 6.92 Å². The first-order valence-corrected chi connectivity index (χ1v) is 15.0. The zero-order valence-corrected chi connectivity index (χ0v) is 22.3. The highest BCUT2D eigenvalue weighted by atomic mass is 32.1. The number of hydrogen-bond donors (Lipinski definition) is 0. The van der Waals surface area contributed by atoms with E-state index in [4.69, 9.17) is 9.16 Å². The van der Waals surface area contributed by atoms with E-state index in [2.05, 4.69) is 38.8 Å². The summed E-state index contributed by atoms with van der Waals surface area (Å²) in [6.45, 7) is 14.6. The van der Waals surface area contributed by atoms with Crippen LogP contribution in [0.25, 0.3) is 6.08 Å². The Labute approximate surface area is 201 Å². The van der Waals surface area contributed by atoms with Crippen LogP contribution in [0.4, 0.5) is 4.79 Å². The lowest BCUT2D eigenvalue weighted by Gasteiger charge is -2.38. The van der Waals surface area contributed by atoms with Gasteiger partial charge in [0.1, 0.15) is 6.10 Å². The minimum absolute atomic E-state index is 0.0162. The van der Waals surface area contributed by atoms with E-state index >= 15 is 0 Å². The molecule has 0 unspecified atom stereocenters. The standard InChI is InChI=1S/C25H34N2O4SSi/c1-17-23(19-11-9-8-10-12-19)30-24(29)27(17)22(28)15-21(31-33(6,7)25(3,4)5)14-13-20-16-32-18(2)26-20/h8-14,16-17,21,23H,15H2,1-7H3/t17-,21+,23-/m0/s1. The summed E-state index contributed by atoms with van der Waals surface area (Å²) in [6, 6.07) is 9.12. The highest BCUT2D eigenvalue weighted by Crippen LogP contribution is 2.38. The Hall–Kier alpha value is -2.29. The summed E-state index contributed by atoms with van der Waals surface area (Å²) in [6.07, 6.45) is 2.31. The van der Waals surface area contributed by atoms with E-state index in [1.165, 1.54) is 4.90 Å². The molecule has 2 aromatic rings. The molecule has 178 valence electrons. The molecule has 0 N–H and O–H groups in total. The first kappa shape index (κ1) is 25.3. The predicted octanol–water partition coefficient (Wildman–Crippen LogP) is 6.35. The third kappa shape index (κ3) is 5.99. The molecule has 0 bridgehead atoms. The van der Waals surface area contributed by atoms with Gasteiger partial charge < -0.3 is 9.16 Å². The molecule has 1 aliphatic rings. The topological polar surface area (TPSA) is 68.7 Å². The molecule has 6 nitrogen and oxygen atoms in total. The lowest BCUT2D eigenvalue weighted by molar-refractivity contribution is -0.130.